The third-order valence-electron chi connectivity index (χ3n) is 1.86. The standard InChI is InChI=1S/C9H7ClFN3O/c10-8-3-6(11)1-2-9(8)14-4-7(5-15)12-13-14/h1-4,15H,5H2. The van der Waals surface area contributed by atoms with Gasteiger partial charge in [0.1, 0.15) is 11.5 Å². The van der Waals surface area contributed by atoms with Crippen LogP contribution in [-0.2, 0) is 6.61 Å². The van der Waals surface area contributed by atoms with E-state index in [2.05, 4.69) is 10.3 Å². The SMILES string of the molecule is OCc1cn(-c2ccc(F)cc2Cl)nn1. The molecule has 78 valence electrons. The molecular formula is C9H7ClFN3O. The Kier molecular flexibility index (Phi) is 2.66. The third-order valence-corrected chi connectivity index (χ3v) is 2.16. The van der Waals surface area contributed by atoms with Crippen molar-refractivity contribution in [3.05, 3.63) is 40.9 Å². The number of benzene rings is 1. The molecule has 1 N–H and O–H groups in total. The zero-order chi connectivity index (χ0) is 10.8. The highest BCUT2D eigenvalue weighted by Gasteiger charge is 2.06. The molecule has 0 spiro atoms. The second-order valence-corrected chi connectivity index (χ2v) is 3.32. The number of halogens is 2. The van der Waals surface area contributed by atoms with Crippen LogP contribution in [0.15, 0.2) is 24.4 Å². The molecule has 0 aliphatic heterocycles. The maximum Gasteiger partial charge on any atom is 0.124 e. The number of rotatable bonds is 2. The highest BCUT2D eigenvalue weighted by molar-refractivity contribution is 6.32. The number of aromatic nitrogens is 3. The van der Waals surface area contributed by atoms with Gasteiger partial charge in [0.05, 0.1) is 23.5 Å². The van der Waals surface area contributed by atoms with Crippen LogP contribution in [0.4, 0.5) is 4.39 Å². The molecule has 0 unspecified atom stereocenters. The molecule has 2 rings (SSSR count). The lowest BCUT2D eigenvalue weighted by molar-refractivity contribution is 0.276. The topological polar surface area (TPSA) is 50.9 Å². The van der Waals surface area contributed by atoms with E-state index in [1.807, 2.05) is 0 Å². The van der Waals surface area contributed by atoms with Crippen molar-refractivity contribution >= 4 is 11.6 Å². The van der Waals surface area contributed by atoms with Crippen LogP contribution in [0.1, 0.15) is 5.69 Å². The Morgan fingerprint density at radius 3 is 2.87 bits per heavy atom. The van der Waals surface area contributed by atoms with E-state index in [0.29, 0.717) is 11.4 Å². The van der Waals surface area contributed by atoms with E-state index in [1.165, 1.54) is 29.1 Å². The first kappa shape index (κ1) is 10.1. The number of nitrogens with zero attached hydrogens (tertiary/aromatic N) is 3. The minimum Gasteiger partial charge on any atom is -0.390 e. The summed E-state index contributed by atoms with van der Waals surface area (Å²) in [6.07, 6.45) is 1.53. The number of aliphatic hydroxyl groups is 1. The van der Waals surface area contributed by atoms with E-state index in [0.717, 1.165) is 0 Å². The van der Waals surface area contributed by atoms with Gasteiger partial charge in [-0.05, 0) is 18.2 Å². The van der Waals surface area contributed by atoms with Gasteiger partial charge >= 0.3 is 0 Å². The average molecular weight is 228 g/mol. The lowest BCUT2D eigenvalue weighted by atomic mass is 10.3. The zero-order valence-electron chi connectivity index (χ0n) is 7.56. The fourth-order valence-electron chi connectivity index (χ4n) is 1.16. The normalized spacial score (nSPS) is 10.6. The van der Waals surface area contributed by atoms with Crippen LogP contribution in [0.5, 0.6) is 0 Å². The van der Waals surface area contributed by atoms with Crippen molar-refractivity contribution in [1.82, 2.24) is 15.0 Å². The van der Waals surface area contributed by atoms with E-state index in [9.17, 15) is 4.39 Å². The van der Waals surface area contributed by atoms with Gasteiger partial charge < -0.3 is 5.11 Å². The van der Waals surface area contributed by atoms with Crippen molar-refractivity contribution < 1.29 is 9.50 Å². The predicted octanol–water partition coefficient (Wildman–Crippen LogP) is 1.55. The van der Waals surface area contributed by atoms with Crippen molar-refractivity contribution in [2.45, 2.75) is 6.61 Å². The van der Waals surface area contributed by atoms with Crippen LogP contribution in [0.25, 0.3) is 5.69 Å². The molecule has 1 aromatic heterocycles. The van der Waals surface area contributed by atoms with Gasteiger partial charge in [-0.3, -0.25) is 0 Å². The van der Waals surface area contributed by atoms with Crippen LogP contribution in [-0.4, -0.2) is 20.1 Å². The quantitative estimate of drug-likeness (QED) is 0.847. The van der Waals surface area contributed by atoms with Gasteiger partial charge in [0.2, 0.25) is 0 Å². The molecule has 4 nitrogen and oxygen atoms in total. The summed E-state index contributed by atoms with van der Waals surface area (Å²) >= 11 is 5.83. The summed E-state index contributed by atoms with van der Waals surface area (Å²) in [6.45, 7) is -0.196. The monoisotopic (exact) mass is 227 g/mol. The predicted molar refractivity (Wildman–Crippen MR) is 52.2 cm³/mol. The van der Waals surface area contributed by atoms with Crippen LogP contribution in [0.3, 0.4) is 0 Å². The molecule has 0 radical (unpaired) electrons. The van der Waals surface area contributed by atoms with E-state index in [-0.39, 0.29) is 11.6 Å². The Balaban J connectivity index is 2.44. The first-order chi connectivity index (χ1) is 7.20. The Morgan fingerprint density at radius 2 is 2.27 bits per heavy atom. The van der Waals surface area contributed by atoms with E-state index in [4.69, 9.17) is 16.7 Å². The average Bonchev–Trinajstić information content (AvgIpc) is 2.66. The lowest BCUT2D eigenvalue weighted by Crippen LogP contribution is -1.96. The Bertz CT molecular complexity index is 486. The summed E-state index contributed by atoms with van der Waals surface area (Å²) < 4.78 is 14.1. The second kappa shape index (κ2) is 3.96. The molecule has 1 heterocycles. The van der Waals surface area contributed by atoms with Crippen LogP contribution in [0.2, 0.25) is 5.02 Å². The molecule has 1 aromatic carbocycles. The maximum absolute atomic E-state index is 12.8. The molecule has 0 saturated heterocycles. The maximum atomic E-state index is 12.8. The van der Waals surface area contributed by atoms with Gasteiger partial charge in [-0.2, -0.15) is 0 Å². The summed E-state index contributed by atoms with van der Waals surface area (Å²) in [5.74, 6) is -0.411. The highest BCUT2D eigenvalue weighted by atomic mass is 35.5. The van der Waals surface area contributed by atoms with Crippen molar-refractivity contribution in [3.8, 4) is 5.69 Å². The Morgan fingerprint density at radius 1 is 1.47 bits per heavy atom. The summed E-state index contributed by atoms with van der Waals surface area (Å²) in [5, 5.41) is 16.5. The Labute approximate surface area is 89.9 Å². The van der Waals surface area contributed by atoms with Gasteiger partial charge in [0.25, 0.3) is 0 Å². The van der Waals surface area contributed by atoms with Crippen LogP contribution < -0.4 is 0 Å². The third kappa shape index (κ3) is 1.98. The van der Waals surface area contributed by atoms with Crippen LogP contribution >= 0.6 is 11.6 Å². The minimum absolute atomic E-state index is 0.196. The number of hydrogen-bond acceptors (Lipinski definition) is 3. The summed E-state index contributed by atoms with van der Waals surface area (Å²) in [6, 6.07) is 3.96. The Hall–Kier alpha value is -1.46. The van der Waals surface area contributed by atoms with Crippen molar-refractivity contribution in [2.24, 2.45) is 0 Å². The molecule has 0 bridgehead atoms. The van der Waals surface area contributed by atoms with Gasteiger partial charge in [0, 0.05) is 0 Å². The van der Waals surface area contributed by atoms with Crippen molar-refractivity contribution in [2.75, 3.05) is 0 Å². The first-order valence-electron chi connectivity index (χ1n) is 4.18. The molecule has 15 heavy (non-hydrogen) atoms. The highest BCUT2D eigenvalue weighted by Crippen LogP contribution is 2.20. The smallest absolute Gasteiger partial charge is 0.124 e. The molecular weight excluding hydrogens is 221 g/mol. The minimum atomic E-state index is -0.411. The van der Waals surface area contributed by atoms with Gasteiger partial charge in [-0.25, -0.2) is 9.07 Å². The molecule has 0 aliphatic rings. The largest absolute Gasteiger partial charge is 0.390 e. The summed E-state index contributed by atoms with van der Waals surface area (Å²) in [7, 11) is 0. The molecule has 0 saturated carbocycles. The van der Waals surface area contributed by atoms with E-state index in [1.54, 1.807) is 0 Å². The van der Waals surface area contributed by atoms with Crippen LogP contribution in [0, 0.1) is 5.82 Å². The van der Waals surface area contributed by atoms with Gasteiger partial charge in [-0.1, -0.05) is 16.8 Å². The number of aliphatic hydroxyl groups excluding tert-OH is 1. The first-order valence-corrected chi connectivity index (χ1v) is 4.56. The zero-order valence-corrected chi connectivity index (χ0v) is 8.32. The summed E-state index contributed by atoms with van der Waals surface area (Å²) in [5.41, 5.74) is 0.945. The van der Waals surface area contributed by atoms with E-state index < -0.39 is 5.82 Å². The van der Waals surface area contributed by atoms with Crippen molar-refractivity contribution in [3.63, 3.8) is 0 Å². The van der Waals surface area contributed by atoms with Gasteiger partial charge in [-0.15, -0.1) is 5.10 Å². The fourth-order valence-corrected chi connectivity index (χ4v) is 1.41. The molecule has 0 amide bonds. The number of hydrogen-bond donors (Lipinski definition) is 1. The van der Waals surface area contributed by atoms with Crippen molar-refractivity contribution in [1.29, 1.82) is 0 Å². The molecule has 0 atom stereocenters. The van der Waals surface area contributed by atoms with E-state index >= 15 is 0 Å². The van der Waals surface area contributed by atoms with Gasteiger partial charge in [0.15, 0.2) is 0 Å². The second-order valence-electron chi connectivity index (χ2n) is 2.91. The fraction of sp³-hybridized carbons (Fsp3) is 0.111. The lowest BCUT2D eigenvalue weighted by Gasteiger charge is -2.02. The molecule has 6 heteroatoms. The summed E-state index contributed by atoms with van der Waals surface area (Å²) in [4.78, 5) is 0. The molecule has 2 aromatic rings. The molecule has 0 aliphatic carbocycles. The molecule has 0 fully saturated rings.